The Kier molecular flexibility index (Phi) is 7.21. The lowest BCUT2D eigenvalue weighted by Crippen LogP contribution is -2.51. The van der Waals surface area contributed by atoms with Gasteiger partial charge >= 0.3 is 0 Å². The number of aryl methyl sites for hydroxylation is 1. The van der Waals surface area contributed by atoms with Crippen LogP contribution in [0.5, 0.6) is 0 Å². The molecule has 2 fully saturated rings. The molecule has 182 valence electrons. The summed E-state index contributed by atoms with van der Waals surface area (Å²) in [5.41, 5.74) is 15.1. The van der Waals surface area contributed by atoms with Crippen molar-refractivity contribution in [1.82, 2.24) is 24.4 Å². The summed E-state index contributed by atoms with van der Waals surface area (Å²) >= 11 is 0. The van der Waals surface area contributed by atoms with Gasteiger partial charge in [-0.1, -0.05) is 6.92 Å². The van der Waals surface area contributed by atoms with E-state index < -0.39 is 0 Å². The van der Waals surface area contributed by atoms with Gasteiger partial charge in [0.25, 0.3) is 0 Å². The maximum Gasteiger partial charge on any atom is 0.240 e. The average Bonchev–Trinajstić information content (AvgIpc) is 3.41. The third-order valence-corrected chi connectivity index (χ3v) is 7.19. The van der Waals surface area contributed by atoms with Gasteiger partial charge in [-0.3, -0.25) is 9.69 Å². The molecule has 33 heavy (non-hydrogen) atoms. The van der Waals surface area contributed by atoms with Gasteiger partial charge in [0, 0.05) is 49.5 Å². The van der Waals surface area contributed by atoms with Crippen LogP contribution in [-0.4, -0.2) is 81.7 Å². The number of nitrogens with two attached hydrogens (primary N) is 2. The molecule has 0 radical (unpaired) electrons. The Morgan fingerprint density at radius 1 is 1.30 bits per heavy atom. The molecule has 4 atom stereocenters. The second kappa shape index (κ2) is 9.95. The van der Waals surface area contributed by atoms with Crippen molar-refractivity contribution in [2.75, 3.05) is 38.1 Å². The number of likely N-dealkylation sites (tertiary alicyclic amines) is 1. The molecule has 4 rings (SSSR count). The Morgan fingerprint density at radius 2 is 2.09 bits per heavy atom. The lowest BCUT2D eigenvalue weighted by atomic mass is 9.96. The number of carbonyl (C=O) groups is 1. The zero-order valence-corrected chi connectivity index (χ0v) is 20.6. The first-order valence-corrected chi connectivity index (χ1v) is 12.4. The summed E-state index contributed by atoms with van der Waals surface area (Å²) in [7, 11) is 2.01. The summed E-state index contributed by atoms with van der Waals surface area (Å²) in [6.07, 6.45) is 6.72. The molecule has 0 spiro atoms. The van der Waals surface area contributed by atoms with E-state index >= 15 is 0 Å². The fourth-order valence-electron chi connectivity index (χ4n) is 5.22. The second-order valence-corrected chi connectivity index (χ2v) is 9.96. The van der Waals surface area contributed by atoms with Crippen LogP contribution in [0.2, 0.25) is 0 Å². The highest BCUT2D eigenvalue weighted by atomic mass is 16.2. The van der Waals surface area contributed by atoms with Crippen molar-refractivity contribution in [3.05, 3.63) is 23.5 Å². The fraction of sp³-hybridized carbons (Fsp3) is 0.708. The number of likely N-dealkylation sites (N-methyl/N-ethyl adjacent to an activating group) is 1. The molecule has 2 saturated heterocycles. The van der Waals surface area contributed by atoms with Gasteiger partial charge in [0.1, 0.15) is 5.82 Å². The summed E-state index contributed by atoms with van der Waals surface area (Å²) in [6, 6.07) is 1.99. The van der Waals surface area contributed by atoms with Crippen molar-refractivity contribution >= 4 is 17.4 Å². The van der Waals surface area contributed by atoms with Crippen LogP contribution in [-0.2, 0) is 4.79 Å². The van der Waals surface area contributed by atoms with E-state index in [0.717, 1.165) is 74.6 Å². The Labute approximate surface area is 197 Å². The smallest absolute Gasteiger partial charge is 0.240 e. The van der Waals surface area contributed by atoms with E-state index in [-0.39, 0.29) is 30.1 Å². The number of piperidine rings is 1. The highest BCUT2D eigenvalue weighted by molar-refractivity contribution is 5.82. The summed E-state index contributed by atoms with van der Waals surface area (Å²) in [5.74, 6) is 1.15. The minimum atomic E-state index is -0.209. The highest BCUT2D eigenvalue weighted by Gasteiger charge is 2.35. The zero-order chi connectivity index (χ0) is 23.7. The van der Waals surface area contributed by atoms with Gasteiger partial charge in [0.2, 0.25) is 5.91 Å². The molecule has 2 aliphatic heterocycles. The number of hydrogen-bond acceptors (Lipinski definition) is 7. The molecule has 0 aromatic carbocycles. The molecular weight excluding hydrogens is 416 g/mol. The minimum Gasteiger partial charge on any atom is -0.355 e. The lowest BCUT2D eigenvalue weighted by molar-refractivity contribution is -0.141. The lowest BCUT2D eigenvalue weighted by Gasteiger charge is -2.39. The quantitative estimate of drug-likeness (QED) is 0.652. The number of aromatic nitrogens is 3. The molecule has 4 N–H and O–H groups in total. The first kappa shape index (κ1) is 23.9. The van der Waals surface area contributed by atoms with Crippen LogP contribution in [0, 0.1) is 6.92 Å². The van der Waals surface area contributed by atoms with Gasteiger partial charge in [-0.05, 0) is 59.5 Å². The Hall–Kier alpha value is -2.23. The summed E-state index contributed by atoms with van der Waals surface area (Å²) in [5, 5.41) is 4.88. The Morgan fingerprint density at radius 3 is 2.76 bits per heavy atom. The van der Waals surface area contributed by atoms with Gasteiger partial charge in [-0.25, -0.2) is 9.50 Å². The number of rotatable bonds is 7. The SMILES string of the molecule is CCN(C)C(CC(C)N)C(=O)N1CCCC[C@H]1c1cc2nc(N3CC[C@H](N)C3)c(C)cn2n1. The minimum absolute atomic E-state index is 0.0299. The van der Waals surface area contributed by atoms with Crippen LogP contribution < -0.4 is 16.4 Å². The molecule has 0 saturated carbocycles. The standard InChI is InChI=1S/C24H40N8O/c1-5-29(4)21(12-17(3)25)24(33)31-10-7-6-8-20(31)19-13-22-27-23(16(2)14-32(22)28-19)30-11-9-18(26)15-30/h13-14,17-18,20-21H,5-12,15,25-26H2,1-4H3/t17?,18-,20-,21?/m0/s1. The van der Waals surface area contributed by atoms with Gasteiger partial charge in [-0.2, -0.15) is 5.10 Å². The molecule has 2 aromatic rings. The van der Waals surface area contributed by atoms with Crippen LogP contribution in [0.4, 0.5) is 5.82 Å². The number of amides is 1. The first-order valence-electron chi connectivity index (χ1n) is 12.4. The predicted octanol–water partition coefficient (Wildman–Crippen LogP) is 1.69. The van der Waals surface area contributed by atoms with Crippen LogP contribution in [0.3, 0.4) is 0 Å². The summed E-state index contributed by atoms with van der Waals surface area (Å²) in [6.45, 7) is 9.46. The third kappa shape index (κ3) is 5.00. The van der Waals surface area contributed by atoms with E-state index in [4.69, 9.17) is 21.5 Å². The second-order valence-electron chi connectivity index (χ2n) is 9.96. The summed E-state index contributed by atoms with van der Waals surface area (Å²) in [4.78, 5) is 25.1. The molecule has 1 amide bonds. The van der Waals surface area contributed by atoms with Gasteiger partial charge in [-0.15, -0.1) is 0 Å². The number of anilines is 1. The third-order valence-electron chi connectivity index (χ3n) is 7.19. The van der Waals surface area contributed by atoms with Crippen molar-refractivity contribution in [2.45, 2.75) is 77.0 Å². The normalized spacial score (nSPS) is 23.5. The number of carbonyl (C=O) groups excluding carboxylic acids is 1. The van der Waals surface area contributed by atoms with E-state index in [1.165, 1.54) is 0 Å². The average molecular weight is 457 g/mol. The monoisotopic (exact) mass is 456 g/mol. The van der Waals surface area contributed by atoms with E-state index in [1.807, 2.05) is 29.6 Å². The van der Waals surface area contributed by atoms with E-state index in [0.29, 0.717) is 6.42 Å². The molecule has 0 bridgehead atoms. The van der Waals surface area contributed by atoms with Gasteiger partial charge in [0.15, 0.2) is 5.65 Å². The van der Waals surface area contributed by atoms with Crippen molar-refractivity contribution in [3.8, 4) is 0 Å². The molecule has 2 aromatic heterocycles. The fourth-order valence-corrected chi connectivity index (χ4v) is 5.22. The molecule has 2 unspecified atom stereocenters. The van der Waals surface area contributed by atoms with Crippen molar-refractivity contribution in [2.24, 2.45) is 11.5 Å². The van der Waals surface area contributed by atoms with Gasteiger partial charge in [0.05, 0.1) is 17.8 Å². The molecule has 4 heterocycles. The Bertz CT molecular complexity index is 973. The number of nitrogens with zero attached hydrogens (tertiary/aromatic N) is 6. The van der Waals surface area contributed by atoms with Gasteiger partial charge < -0.3 is 21.3 Å². The number of fused-ring (bicyclic) bond motifs is 1. The van der Waals surface area contributed by atoms with E-state index in [9.17, 15) is 4.79 Å². The maximum atomic E-state index is 13.7. The molecule has 0 aliphatic carbocycles. The molecular formula is C24H40N8O. The van der Waals surface area contributed by atoms with Crippen molar-refractivity contribution in [3.63, 3.8) is 0 Å². The predicted molar refractivity (Wildman–Crippen MR) is 131 cm³/mol. The van der Waals surface area contributed by atoms with Crippen molar-refractivity contribution < 1.29 is 4.79 Å². The molecule has 9 nitrogen and oxygen atoms in total. The first-order chi connectivity index (χ1) is 15.8. The molecule has 2 aliphatic rings. The van der Waals surface area contributed by atoms with Crippen LogP contribution in [0.1, 0.15) is 63.3 Å². The van der Waals surface area contributed by atoms with Crippen LogP contribution >= 0.6 is 0 Å². The van der Waals surface area contributed by atoms with E-state index in [1.54, 1.807) is 0 Å². The summed E-state index contributed by atoms with van der Waals surface area (Å²) < 4.78 is 1.86. The maximum absolute atomic E-state index is 13.7. The van der Waals surface area contributed by atoms with E-state index in [2.05, 4.69) is 29.7 Å². The highest BCUT2D eigenvalue weighted by Crippen LogP contribution is 2.33. The topological polar surface area (TPSA) is 109 Å². The van der Waals surface area contributed by atoms with Crippen LogP contribution in [0.15, 0.2) is 12.3 Å². The Balaban J connectivity index is 1.63. The molecule has 9 heteroatoms. The number of hydrogen-bond donors (Lipinski definition) is 2. The van der Waals surface area contributed by atoms with Crippen LogP contribution in [0.25, 0.3) is 5.65 Å². The van der Waals surface area contributed by atoms with Crippen molar-refractivity contribution in [1.29, 1.82) is 0 Å². The largest absolute Gasteiger partial charge is 0.355 e. The zero-order valence-electron chi connectivity index (χ0n) is 20.6.